The van der Waals surface area contributed by atoms with E-state index in [-0.39, 0.29) is 12.1 Å². The van der Waals surface area contributed by atoms with E-state index in [9.17, 15) is 13.2 Å². The second kappa shape index (κ2) is 9.85. The highest BCUT2D eigenvalue weighted by atomic mass is 32.2. The van der Waals surface area contributed by atoms with Crippen LogP contribution in [0.2, 0.25) is 0 Å². The van der Waals surface area contributed by atoms with Crippen LogP contribution < -0.4 is 0 Å². The van der Waals surface area contributed by atoms with E-state index in [2.05, 4.69) is 45.0 Å². The second-order valence-electron chi connectivity index (χ2n) is 9.76. The molecule has 6 nitrogen and oxygen atoms in total. The van der Waals surface area contributed by atoms with Gasteiger partial charge in [-0.1, -0.05) is 55.8 Å². The topological polar surface area (TPSA) is 60.9 Å². The van der Waals surface area contributed by atoms with Crippen LogP contribution in [0.3, 0.4) is 0 Å². The van der Waals surface area contributed by atoms with Crippen molar-refractivity contribution in [3.8, 4) is 0 Å². The molecule has 0 unspecified atom stereocenters. The molecule has 2 heterocycles. The average Bonchev–Trinajstić information content (AvgIpc) is 3.15. The molecule has 33 heavy (non-hydrogen) atoms. The largest absolute Gasteiger partial charge is 0.320 e. The summed E-state index contributed by atoms with van der Waals surface area (Å²) in [6, 6.07) is 15.8. The van der Waals surface area contributed by atoms with Crippen LogP contribution in [0.15, 0.2) is 53.4 Å². The molecule has 0 atom stereocenters. The minimum absolute atomic E-state index is 0.0672. The summed E-state index contributed by atoms with van der Waals surface area (Å²) in [5, 5.41) is 0. The number of piperidine rings is 1. The van der Waals surface area contributed by atoms with Crippen LogP contribution in [0.1, 0.15) is 43.4 Å². The van der Waals surface area contributed by atoms with Gasteiger partial charge in [-0.15, -0.1) is 0 Å². The summed E-state index contributed by atoms with van der Waals surface area (Å²) in [5.41, 5.74) is 3.50. The van der Waals surface area contributed by atoms with Gasteiger partial charge in [-0.3, -0.25) is 0 Å². The van der Waals surface area contributed by atoms with Crippen molar-refractivity contribution in [2.75, 3.05) is 26.2 Å². The van der Waals surface area contributed by atoms with Crippen LogP contribution in [-0.2, 0) is 23.0 Å². The van der Waals surface area contributed by atoms with Crippen molar-refractivity contribution in [1.82, 2.24) is 14.1 Å². The van der Waals surface area contributed by atoms with Gasteiger partial charge in [-0.2, -0.15) is 4.31 Å². The first-order valence-electron chi connectivity index (χ1n) is 11.9. The third kappa shape index (κ3) is 5.41. The van der Waals surface area contributed by atoms with Gasteiger partial charge in [0.05, 0.1) is 4.90 Å². The fourth-order valence-electron chi connectivity index (χ4n) is 4.81. The fraction of sp³-hybridized carbons (Fsp3) is 0.500. The highest BCUT2D eigenvalue weighted by molar-refractivity contribution is 7.89. The molecular weight excluding hydrogens is 434 g/mol. The van der Waals surface area contributed by atoms with E-state index in [4.69, 9.17) is 0 Å². The van der Waals surface area contributed by atoms with Gasteiger partial charge in [0, 0.05) is 38.8 Å². The molecule has 2 aromatic rings. The number of carbonyl (C=O) groups excluding carboxylic acids is 1. The maximum Gasteiger partial charge on any atom is 0.320 e. The highest BCUT2D eigenvalue weighted by Gasteiger charge is 2.37. The van der Waals surface area contributed by atoms with Crippen LogP contribution in [0.25, 0.3) is 0 Å². The summed E-state index contributed by atoms with van der Waals surface area (Å²) < 4.78 is 27.8. The Kier molecular flexibility index (Phi) is 7.10. The molecule has 2 saturated heterocycles. The van der Waals surface area contributed by atoms with Crippen LogP contribution in [0.5, 0.6) is 0 Å². The van der Waals surface area contributed by atoms with Gasteiger partial charge in [0.15, 0.2) is 0 Å². The van der Waals surface area contributed by atoms with E-state index in [0.29, 0.717) is 56.4 Å². The van der Waals surface area contributed by atoms with E-state index in [1.54, 1.807) is 16.4 Å². The molecule has 7 heteroatoms. The SMILES string of the molecule is Cc1ccc(CN2CCN(C3CCN(S(=O)(=O)c4ccc(CC(C)C)cc4)CC3)C2=O)cc1. The van der Waals surface area contributed by atoms with E-state index in [1.165, 1.54) is 5.56 Å². The lowest BCUT2D eigenvalue weighted by atomic mass is 10.0. The third-order valence-corrected chi connectivity index (χ3v) is 8.60. The summed E-state index contributed by atoms with van der Waals surface area (Å²) in [6.45, 7) is 9.30. The number of aryl methyl sites for hydroxylation is 1. The number of sulfonamides is 1. The number of nitrogens with zero attached hydrogens (tertiary/aromatic N) is 3. The number of rotatable bonds is 7. The Balaban J connectivity index is 1.33. The maximum atomic E-state index is 13.1. The molecule has 2 aliphatic heterocycles. The zero-order valence-corrected chi connectivity index (χ0v) is 20.7. The Morgan fingerprint density at radius 3 is 2.09 bits per heavy atom. The zero-order chi connectivity index (χ0) is 23.6. The quantitative estimate of drug-likeness (QED) is 0.608. The molecule has 4 rings (SSSR count). The summed E-state index contributed by atoms with van der Waals surface area (Å²) in [6.07, 6.45) is 2.29. The Hall–Kier alpha value is -2.38. The number of hydrogen-bond donors (Lipinski definition) is 0. The number of amides is 2. The van der Waals surface area contributed by atoms with Gasteiger partial charge in [-0.05, 0) is 55.4 Å². The minimum Gasteiger partial charge on any atom is -0.320 e. The molecule has 0 aliphatic carbocycles. The van der Waals surface area contributed by atoms with Gasteiger partial charge in [0.2, 0.25) is 10.0 Å². The van der Waals surface area contributed by atoms with Gasteiger partial charge >= 0.3 is 6.03 Å². The molecule has 178 valence electrons. The number of benzene rings is 2. The van der Waals surface area contributed by atoms with Crippen molar-refractivity contribution in [1.29, 1.82) is 0 Å². The van der Waals surface area contributed by atoms with Crippen LogP contribution >= 0.6 is 0 Å². The Morgan fingerprint density at radius 1 is 0.879 bits per heavy atom. The number of urea groups is 1. The van der Waals surface area contributed by atoms with E-state index in [0.717, 1.165) is 17.5 Å². The van der Waals surface area contributed by atoms with E-state index >= 15 is 0 Å². The van der Waals surface area contributed by atoms with Gasteiger partial charge in [-0.25, -0.2) is 13.2 Å². The molecule has 0 aromatic heterocycles. The summed E-state index contributed by atoms with van der Waals surface area (Å²) in [7, 11) is -3.50. The van der Waals surface area contributed by atoms with Crippen LogP contribution in [-0.4, -0.2) is 60.8 Å². The van der Waals surface area contributed by atoms with Crippen molar-refractivity contribution >= 4 is 16.1 Å². The molecule has 0 radical (unpaired) electrons. The van der Waals surface area contributed by atoms with Gasteiger partial charge in [0.1, 0.15) is 0 Å². The van der Waals surface area contributed by atoms with E-state index in [1.807, 2.05) is 21.9 Å². The maximum absolute atomic E-state index is 13.1. The van der Waals surface area contributed by atoms with Crippen molar-refractivity contribution in [3.05, 3.63) is 65.2 Å². The Morgan fingerprint density at radius 2 is 1.48 bits per heavy atom. The second-order valence-corrected chi connectivity index (χ2v) is 11.7. The van der Waals surface area contributed by atoms with Crippen molar-refractivity contribution in [2.45, 2.75) is 57.5 Å². The van der Waals surface area contributed by atoms with Crippen molar-refractivity contribution < 1.29 is 13.2 Å². The predicted octanol–water partition coefficient (Wildman–Crippen LogP) is 4.28. The molecule has 0 bridgehead atoms. The van der Waals surface area contributed by atoms with Gasteiger partial charge in [0.25, 0.3) is 0 Å². The Labute approximate surface area is 198 Å². The third-order valence-electron chi connectivity index (χ3n) is 6.69. The molecular formula is C26H35N3O3S. The number of hydrogen-bond acceptors (Lipinski definition) is 3. The monoisotopic (exact) mass is 469 g/mol. The molecule has 2 amide bonds. The van der Waals surface area contributed by atoms with Crippen molar-refractivity contribution in [2.24, 2.45) is 5.92 Å². The molecule has 0 spiro atoms. The van der Waals surface area contributed by atoms with Crippen molar-refractivity contribution in [3.63, 3.8) is 0 Å². The molecule has 0 N–H and O–H groups in total. The van der Waals surface area contributed by atoms with Crippen LogP contribution in [0.4, 0.5) is 4.79 Å². The predicted molar refractivity (Wildman–Crippen MR) is 130 cm³/mol. The lowest BCUT2D eigenvalue weighted by Gasteiger charge is -2.36. The summed E-state index contributed by atoms with van der Waals surface area (Å²) >= 11 is 0. The van der Waals surface area contributed by atoms with E-state index < -0.39 is 10.0 Å². The van der Waals surface area contributed by atoms with Gasteiger partial charge < -0.3 is 9.80 Å². The Bertz CT molecular complexity index is 1060. The standard InChI is InChI=1S/C26H35N3O3S/c1-20(2)18-22-8-10-25(11-9-22)33(31,32)28-14-12-24(13-15-28)29-17-16-27(26(29)30)19-23-6-4-21(3)5-7-23/h4-11,20,24H,12-19H2,1-3H3. The normalized spacial score (nSPS) is 18.5. The molecule has 0 saturated carbocycles. The molecule has 2 fully saturated rings. The first-order valence-corrected chi connectivity index (χ1v) is 13.4. The minimum atomic E-state index is -3.50. The number of carbonyl (C=O) groups is 1. The summed E-state index contributed by atoms with van der Waals surface area (Å²) in [5.74, 6) is 0.535. The highest BCUT2D eigenvalue weighted by Crippen LogP contribution is 2.26. The summed E-state index contributed by atoms with van der Waals surface area (Å²) in [4.78, 5) is 17.2. The first kappa shape index (κ1) is 23.8. The smallest absolute Gasteiger partial charge is 0.320 e. The molecule has 2 aliphatic rings. The zero-order valence-electron chi connectivity index (χ0n) is 19.9. The van der Waals surface area contributed by atoms with Crippen LogP contribution in [0, 0.1) is 12.8 Å². The first-order chi connectivity index (χ1) is 15.7. The lowest BCUT2D eigenvalue weighted by molar-refractivity contribution is 0.153. The molecule has 2 aromatic carbocycles. The average molecular weight is 470 g/mol. The fourth-order valence-corrected chi connectivity index (χ4v) is 6.28. The lowest BCUT2D eigenvalue weighted by Crippen LogP contribution is -2.47.